The number of benzene rings is 1. The molecular formula is C17H17ClN4O2. The Morgan fingerprint density at radius 2 is 2.00 bits per heavy atom. The molecule has 124 valence electrons. The zero-order valence-electron chi connectivity index (χ0n) is 13.1. The van der Waals surface area contributed by atoms with Crippen LogP contribution in [0.3, 0.4) is 0 Å². The lowest BCUT2D eigenvalue weighted by Gasteiger charge is -2.24. The summed E-state index contributed by atoms with van der Waals surface area (Å²) in [4.78, 5) is 21.9. The number of halogens is 1. The van der Waals surface area contributed by atoms with Crippen molar-refractivity contribution in [2.24, 2.45) is 0 Å². The Balaban J connectivity index is 1.63. The van der Waals surface area contributed by atoms with Crippen molar-refractivity contribution in [1.82, 2.24) is 9.97 Å². The number of hydrogen-bond acceptors (Lipinski definition) is 5. The number of nitro groups is 1. The second kappa shape index (κ2) is 6.02. The number of aromatic nitrogens is 2. The highest BCUT2D eigenvalue weighted by molar-refractivity contribution is 6.29. The minimum absolute atomic E-state index is 0.114. The molecule has 4 rings (SSSR count). The minimum atomic E-state index is -0.363. The van der Waals surface area contributed by atoms with Gasteiger partial charge in [-0.2, -0.15) is 0 Å². The minimum Gasteiger partial charge on any atom is -0.349 e. The predicted molar refractivity (Wildman–Crippen MR) is 91.3 cm³/mol. The molecule has 2 fully saturated rings. The van der Waals surface area contributed by atoms with Crippen LogP contribution in [0, 0.1) is 10.1 Å². The van der Waals surface area contributed by atoms with Crippen molar-refractivity contribution >= 4 is 23.1 Å². The van der Waals surface area contributed by atoms with Gasteiger partial charge in [0.2, 0.25) is 0 Å². The lowest BCUT2D eigenvalue weighted by atomic mass is 10.2. The molecule has 0 atom stereocenters. The van der Waals surface area contributed by atoms with E-state index in [0.29, 0.717) is 23.7 Å². The summed E-state index contributed by atoms with van der Waals surface area (Å²) in [5.74, 6) is 2.08. The van der Waals surface area contributed by atoms with Gasteiger partial charge in [0.1, 0.15) is 16.8 Å². The monoisotopic (exact) mass is 344 g/mol. The molecule has 0 unspecified atom stereocenters. The Labute approximate surface area is 144 Å². The van der Waals surface area contributed by atoms with Crippen molar-refractivity contribution < 1.29 is 4.92 Å². The second-order valence-corrected chi connectivity index (χ2v) is 6.85. The molecule has 0 spiro atoms. The summed E-state index contributed by atoms with van der Waals surface area (Å²) >= 11 is 6.19. The zero-order valence-corrected chi connectivity index (χ0v) is 13.8. The molecule has 1 heterocycles. The molecule has 2 aliphatic rings. The van der Waals surface area contributed by atoms with Gasteiger partial charge >= 0.3 is 0 Å². The maximum atomic E-state index is 11.0. The average Bonchev–Trinajstić information content (AvgIpc) is 3.45. The van der Waals surface area contributed by atoms with Crippen molar-refractivity contribution in [2.45, 2.75) is 44.2 Å². The van der Waals surface area contributed by atoms with E-state index in [0.717, 1.165) is 42.9 Å². The van der Waals surface area contributed by atoms with Gasteiger partial charge in [0.05, 0.1) is 4.92 Å². The van der Waals surface area contributed by atoms with Gasteiger partial charge in [-0.3, -0.25) is 10.1 Å². The molecule has 0 amide bonds. The van der Waals surface area contributed by atoms with Crippen LogP contribution >= 0.6 is 11.6 Å². The first-order valence-corrected chi connectivity index (χ1v) is 8.52. The van der Waals surface area contributed by atoms with Crippen molar-refractivity contribution in [1.29, 1.82) is 0 Å². The molecule has 1 aromatic carbocycles. The van der Waals surface area contributed by atoms with Crippen molar-refractivity contribution in [3.8, 4) is 0 Å². The molecular weight excluding hydrogens is 328 g/mol. The maximum Gasteiger partial charge on any atom is 0.269 e. The quantitative estimate of drug-likeness (QED) is 0.448. The van der Waals surface area contributed by atoms with Crippen LogP contribution < -0.4 is 4.90 Å². The lowest BCUT2D eigenvalue weighted by Crippen LogP contribution is -2.26. The van der Waals surface area contributed by atoms with E-state index >= 15 is 0 Å². The van der Waals surface area contributed by atoms with Crippen LogP contribution in [-0.4, -0.2) is 20.9 Å². The Bertz CT molecular complexity index is 790. The normalized spacial score (nSPS) is 16.9. The zero-order chi connectivity index (χ0) is 16.7. The number of anilines is 1. The molecule has 1 aromatic heterocycles. The summed E-state index contributed by atoms with van der Waals surface area (Å²) in [6, 6.07) is 8.98. The average molecular weight is 345 g/mol. The van der Waals surface area contributed by atoms with Gasteiger partial charge < -0.3 is 4.90 Å². The van der Waals surface area contributed by atoms with Crippen LogP contribution in [0.2, 0.25) is 5.15 Å². The summed E-state index contributed by atoms with van der Waals surface area (Å²) in [6.07, 6.45) is 4.45. The van der Waals surface area contributed by atoms with Crippen molar-refractivity contribution in [2.75, 3.05) is 4.90 Å². The summed E-state index contributed by atoms with van der Waals surface area (Å²) in [6.45, 7) is 0.587. The highest BCUT2D eigenvalue weighted by Gasteiger charge is 2.33. The molecule has 0 bridgehead atoms. The van der Waals surface area contributed by atoms with Crippen LogP contribution in [-0.2, 0) is 6.54 Å². The topological polar surface area (TPSA) is 72.2 Å². The van der Waals surface area contributed by atoms with E-state index in [1.807, 2.05) is 6.07 Å². The molecule has 0 aliphatic heterocycles. The highest BCUT2D eigenvalue weighted by atomic mass is 35.5. The third-order valence-electron chi connectivity index (χ3n) is 4.40. The summed E-state index contributed by atoms with van der Waals surface area (Å²) < 4.78 is 0. The largest absolute Gasteiger partial charge is 0.349 e. The van der Waals surface area contributed by atoms with Gasteiger partial charge in [-0.15, -0.1) is 0 Å². The van der Waals surface area contributed by atoms with Crippen molar-refractivity contribution in [3.05, 3.63) is 57.0 Å². The summed E-state index contributed by atoms with van der Waals surface area (Å²) in [5, 5.41) is 11.4. The molecule has 2 aromatic rings. The molecule has 0 radical (unpaired) electrons. The number of nitrogens with zero attached hydrogens (tertiary/aromatic N) is 4. The standard InChI is InChI=1S/C17H17ClN4O2/c18-15-9-16(20-17(19-15)12-4-5-12)21(13-6-7-13)10-11-2-1-3-14(8-11)22(23)24/h1-3,8-9,12-13H,4-7,10H2. The maximum absolute atomic E-state index is 11.0. The predicted octanol–water partition coefficient (Wildman–Crippen LogP) is 4.08. The fourth-order valence-corrected chi connectivity index (χ4v) is 3.03. The van der Waals surface area contributed by atoms with Gasteiger partial charge in [-0.05, 0) is 31.2 Å². The summed E-state index contributed by atoms with van der Waals surface area (Å²) in [7, 11) is 0. The van der Waals surface area contributed by atoms with E-state index in [1.54, 1.807) is 18.2 Å². The van der Waals surface area contributed by atoms with Gasteiger partial charge in [-0.1, -0.05) is 23.7 Å². The fourth-order valence-electron chi connectivity index (χ4n) is 2.84. The first-order chi connectivity index (χ1) is 11.6. The summed E-state index contributed by atoms with van der Waals surface area (Å²) in [5.41, 5.74) is 1.02. The SMILES string of the molecule is O=[N+]([O-])c1cccc(CN(c2cc(Cl)nc(C3CC3)n2)C2CC2)c1. The van der Waals surface area contributed by atoms with Crippen LogP contribution in [0.5, 0.6) is 0 Å². The first-order valence-electron chi connectivity index (χ1n) is 8.14. The molecule has 7 heteroatoms. The number of nitro benzene ring substituents is 1. The molecule has 24 heavy (non-hydrogen) atoms. The van der Waals surface area contributed by atoms with Crippen LogP contribution in [0.4, 0.5) is 11.5 Å². The Morgan fingerprint density at radius 3 is 2.67 bits per heavy atom. The Morgan fingerprint density at radius 1 is 1.21 bits per heavy atom. The highest BCUT2D eigenvalue weighted by Crippen LogP contribution is 2.40. The third-order valence-corrected chi connectivity index (χ3v) is 4.59. The Hall–Kier alpha value is -2.21. The fraction of sp³-hybridized carbons (Fsp3) is 0.412. The van der Waals surface area contributed by atoms with E-state index in [9.17, 15) is 10.1 Å². The third kappa shape index (κ3) is 3.33. The van der Waals surface area contributed by atoms with E-state index < -0.39 is 0 Å². The van der Waals surface area contributed by atoms with Crippen LogP contribution in [0.25, 0.3) is 0 Å². The van der Waals surface area contributed by atoms with E-state index in [1.165, 1.54) is 6.07 Å². The molecule has 0 N–H and O–H groups in total. The van der Waals surface area contributed by atoms with E-state index in [4.69, 9.17) is 16.6 Å². The Kier molecular flexibility index (Phi) is 3.84. The van der Waals surface area contributed by atoms with Gasteiger partial charge in [0, 0.05) is 36.7 Å². The van der Waals surface area contributed by atoms with Crippen LogP contribution in [0.1, 0.15) is 43.0 Å². The van der Waals surface area contributed by atoms with Gasteiger partial charge in [0.25, 0.3) is 5.69 Å². The smallest absolute Gasteiger partial charge is 0.269 e. The van der Waals surface area contributed by atoms with Crippen molar-refractivity contribution in [3.63, 3.8) is 0 Å². The number of rotatable bonds is 6. The molecule has 6 nitrogen and oxygen atoms in total. The molecule has 0 saturated heterocycles. The number of non-ortho nitro benzene ring substituents is 1. The van der Waals surface area contributed by atoms with Gasteiger partial charge in [-0.25, -0.2) is 9.97 Å². The first kappa shape index (κ1) is 15.3. The van der Waals surface area contributed by atoms with Gasteiger partial charge in [0.15, 0.2) is 0 Å². The van der Waals surface area contributed by atoms with E-state index in [2.05, 4.69) is 9.88 Å². The lowest BCUT2D eigenvalue weighted by molar-refractivity contribution is -0.384. The van der Waals surface area contributed by atoms with E-state index in [-0.39, 0.29) is 10.6 Å². The van der Waals surface area contributed by atoms with Crippen LogP contribution in [0.15, 0.2) is 30.3 Å². The number of hydrogen-bond donors (Lipinski definition) is 0. The molecule has 2 saturated carbocycles. The molecule has 2 aliphatic carbocycles. The second-order valence-electron chi connectivity index (χ2n) is 6.47.